The van der Waals surface area contributed by atoms with Gasteiger partial charge in [0.25, 0.3) is 5.91 Å². The predicted molar refractivity (Wildman–Crippen MR) is 74.2 cm³/mol. The second-order valence-electron chi connectivity index (χ2n) is 4.84. The lowest BCUT2D eigenvalue weighted by Gasteiger charge is -2.40. The summed E-state index contributed by atoms with van der Waals surface area (Å²) in [5.74, 6) is -0.439. The van der Waals surface area contributed by atoms with Crippen molar-refractivity contribution in [2.24, 2.45) is 5.73 Å². The Labute approximate surface area is 112 Å². The van der Waals surface area contributed by atoms with Crippen LogP contribution in [0.5, 0.6) is 0 Å². The topological polar surface area (TPSA) is 58.4 Å². The zero-order chi connectivity index (χ0) is 13.3. The van der Waals surface area contributed by atoms with Crippen LogP contribution in [0.4, 0.5) is 5.69 Å². The molecule has 0 saturated carbocycles. The van der Waals surface area contributed by atoms with Gasteiger partial charge in [0.05, 0.1) is 5.56 Å². The molecule has 0 bridgehead atoms. The Kier molecular flexibility index (Phi) is 3.78. The number of primary amides is 1. The Morgan fingerprint density at radius 2 is 2.22 bits per heavy atom. The molecule has 1 aliphatic heterocycles. The normalized spacial score (nSPS) is 24.1. The predicted octanol–water partition coefficient (Wildman–Crippen LogP) is 1.63. The minimum atomic E-state index is -0.439. The van der Waals surface area contributed by atoms with Crippen LogP contribution in [0.15, 0.2) is 18.2 Å². The van der Waals surface area contributed by atoms with Gasteiger partial charge >= 0.3 is 0 Å². The molecular formula is C13H18ClN3O. The van der Waals surface area contributed by atoms with Crippen molar-refractivity contribution in [1.82, 2.24) is 5.32 Å². The number of amides is 1. The third-order valence-electron chi connectivity index (χ3n) is 3.30. The van der Waals surface area contributed by atoms with Crippen LogP contribution in [0.25, 0.3) is 0 Å². The molecule has 1 aliphatic rings. The number of anilines is 1. The maximum absolute atomic E-state index is 11.5. The van der Waals surface area contributed by atoms with Gasteiger partial charge in [-0.1, -0.05) is 11.6 Å². The SMILES string of the molecule is CC1CN(c2ccc(Cl)cc2C(N)=O)C(C)CN1. The van der Waals surface area contributed by atoms with Crippen molar-refractivity contribution < 1.29 is 4.79 Å². The Balaban J connectivity index is 2.40. The molecule has 2 rings (SSSR count). The summed E-state index contributed by atoms with van der Waals surface area (Å²) in [6.45, 7) is 5.99. The van der Waals surface area contributed by atoms with E-state index in [0.29, 0.717) is 22.7 Å². The number of rotatable bonds is 2. The first-order chi connectivity index (χ1) is 8.49. The lowest BCUT2D eigenvalue weighted by Crippen LogP contribution is -2.54. The van der Waals surface area contributed by atoms with Crippen LogP contribution in [0.3, 0.4) is 0 Å². The number of carbonyl (C=O) groups is 1. The summed E-state index contributed by atoms with van der Waals surface area (Å²) >= 11 is 5.93. The first kappa shape index (κ1) is 13.2. The van der Waals surface area contributed by atoms with Gasteiger partial charge in [-0.2, -0.15) is 0 Å². The number of hydrogen-bond acceptors (Lipinski definition) is 3. The van der Waals surface area contributed by atoms with E-state index in [-0.39, 0.29) is 0 Å². The minimum Gasteiger partial charge on any atom is -0.366 e. The van der Waals surface area contributed by atoms with Crippen LogP contribution in [0.1, 0.15) is 24.2 Å². The average molecular weight is 268 g/mol. The molecule has 1 amide bonds. The molecule has 0 spiro atoms. The Bertz CT molecular complexity index is 464. The van der Waals surface area contributed by atoms with E-state index in [1.807, 2.05) is 6.07 Å². The first-order valence-electron chi connectivity index (χ1n) is 6.08. The van der Waals surface area contributed by atoms with Gasteiger partial charge in [0.2, 0.25) is 0 Å². The summed E-state index contributed by atoms with van der Waals surface area (Å²) in [5, 5.41) is 3.94. The Hall–Kier alpha value is -1.26. The van der Waals surface area contributed by atoms with Crippen molar-refractivity contribution in [3.8, 4) is 0 Å². The maximum Gasteiger partial charge on any atom is 0.250 e. The van der Waals surface area contributed by atoms with Crippen molar-refractivity contribution in [3.05, 3.63) is 28.8 Å². The molecular weight excluding hydrogens is 250 g/mol. The average Bonchev–Trinajstić information content (AvgIpc) is 2.32. The molecule has 3 N–H and O–H groups in total. The molecule has 1 fully saturated rings. The van der Waals surface area contributed by atoms with Crippen molar-refractivity contribution >= 4 is 23.2 Å². The number of halogens is 1. The molecule has 1 heterocycles. The fourth-order valence-electron chi connectivity index (χ4n) is 2.31. The molecule has 2 unspecified atom stereocenters. The zero-order valence-electron chi connectivity index (χ0n) is 10.6. The monoisotopic (exact) mass is 267 g/mol. The summed E-state index contributed by atoms with van der Waals surface area (Å²) in [4.78, 5) is 13.7. The van der Waals surface area contributed by atoms with E-state index in [9.17, 15) is 4.79 Å². The van der Waals surface area contributed by atoms with Crippen molar-refractivity contribution in [1.29, 1.82) is 0 Å². The lowest BCUT2D eigenvalue weighted by atomic mass is 10.1. The number of piperazine rings is 1. The quantitative estimate of drug-likeness (QED) is 0.856. The maximum atomic E-state index is 11.5. The molecule has 1 aromatic carbocycles. The zero-order valence-corrected chi connectivity index (χ0v) is 11.4. The highest BCUT2D eigenvalue weighted by Gasteiger charge is 2.25. The summed E-state index contributed by atoms with van der Waals surface area (Å²) in [5.41, 5.74) is 6.79. The molecule has 18 heavy (non-hydrogen) atoms. The van der Waals surface area contributed by atoms with E-state index >= 15 is 0 Å². The van der Waals surface area contributed by atoms with E-state index in [2.05, 4.69) is 24.1 Å². The van der Waals surface area contributed by atoms with E-state index in [0.717, 1.165) is 18.8 Å². The van der Waals surface area contributed by atoms with Gasteiger partial charge in [0.1, 0.15) is 0 Å². The number of carbonyl (C=O) groups excluding carboxylic acids is 1. The summed E-state index contributed by atoms with van der Waals surface area (Å²) in [7, 11) is 0. The molecule has 1 saturated heterocycles. The second-order valence-corrected chi connectivity index (χ2v) is 5.27. The van der Waals surface area contributed by atoms with E-state index in [1.165, 1.54) is 0 Å². The van der Waals surface area contributed by atoms with Crippen LogP contribution < -0.4 is 16.0 Å². The largest absolute Gasteiger partial charge is 0.366 e. The van der Waals surface area contributed by atoms with E-state index in [4.69, 9.17) is 17.3 Å². The lowest BCUT2D eigenvalue weighted by molar-refractivity contribution is 0.100. The van der Waals surface area contributed by atoms with Crippen molar-refractivity contribution in [2.75, 3.05) is 18.0 Å². The molecule has 0 aromatic heterocycles. The van der Waals surface area contributed by atoms with Gasteiger partial charge in [-0.3, -0.25) is 4.79 Å². The molecule has 98 valence electrons. The van der Waals surface area contributed by atoms with Crippen LogP contribution in [-0.2, 0) is 0 Å². The minimum absolute atomic E-state index is 0.320. The smallest absolute Gasteiger partial charge is 0.250 e. The fourth-order valence-corrected chi connectivity index (χ4v) is 2.49. The van der Waals surface area contributed by atoms with Gasteiger partial charge in [0.15, 0.2) is 0 Å². The van der Waals surface area contributed by atoms with Crippen LogP contribution in [0.2, 0.25) is 5.02 Å². The number of nitrogens with two attached hydrogens (primary N) is 1. The first-order valence-corrected chi connectivity index (χ1v) is 6.46. The molecule has 1 aromatic rings. The molecule has 0 aliphatic carbocycles. The molecule has 4 nitrogen and oxygen atoms in total. The highest BCUT2D eigenvalue weighted by molar-refractivity contribution is 6.31. The molecule has 0 radical (unpaired) electrons. The summed E-state index contributed by atoms with van der Waals surface area (Å²) in [6.07, 6.45) is 0. The molecule has 5 heteroatoms. The summed E-state index contributed by atoms with van der Waals surface area (Å²) in [6, 6.07) is 6.01. The van der Waals surface area contributed by atoms with E-state index in [1.54, 1.807) is 12.1 Å². The van der Waals surface area contributed by atoms with Crippen LogP contribution in [0, 0.1) is 0 Å². The van der Waals surface area contributed by atoms with Gasteiger partial charge < -0.3 is 16.0 Å². The molecule has 2 atom stereocenters. The highest BCUT2D eigenvalue weighted by Crippen LogP contribution is 2.27. The van der Waals surface area contributed by atoms with Gasteiger partial charge in [0, 0.05) is 35.9 Å². The number of benzene rings is 1. The van der Waals surface area contributed by atoms with Crippen LogP contribution >= 0.6 is 11.6 Å². The van der Waals surface area contributed by atoms with Crippen molar-refractivity contribution in [3.63, 3.8) is 0 Å². The van der Waals surface area contributed by atoms with E-state index < -0.39 is 5.91 Å². The van der Waals surface area contributed by atoms with Gasteiger partial charge in [-0.25, -0.2) is 0 Å². The third kappa shape index (κ3) is 2.60. The number of nitrogens with one attached hydrogen (secondary N) is 1. The van der Waals surface area contributed by atoms with Crippen LogP contribution in [-0.4, -0.2) is 31.1 Å². The third-order valence-corrected chi connectivity index (χ3v) is 3.53. The number of nitrogens with zero attached hydrogens (tertiary/aromatic N) is 1. The second kappa shape index (κ2) is 5.16. The Morgan fingerprint density at radius 1 is 1.50 bits per heavy atom. The standard InChI is InChI=1S/C13H18ClN3O/c1-8-7-17(9(2)6-16-8)12-4-3-10(14)5-11(12)13(15)18/h3-5,8-9,16H,6-7H2,1-2H3,(H2,15,18). The Morgan fingerprint density at radius 3 is 2.89 bits per heavy atom. The van der Waals surface area contributed by atoms with Gasteiger partial charge in [-0.15, -0.1) is 0 Å². The number of hydrogen-bond donors (Lipinski definition) is 2. The summed E-state index contributed by atoms with van der Waals surface area (Å²) < 4.78 is 0. The fraction of sp³-hybridized carbons (Fsp3) is 0.462. The van der Waals surface area contributed by atoms with Crippen molar-refractivity contribution in [2.45, 2.75) is 25.9 Å². The highest BCUT2D eigenvalue weighted by atomic mass is 35.5. The van der Waals surface area contributed by atoms with Gasteiger partial charge in [-0.05, 0) is 32.0 Å².